The number of benzene rings is 1. The van der Waals surface area contributed by atoms with Crippen molar-refractivity contribution in [1.29, 1.82) is 0 Å². The highest BCUT2D eigenvalue weighted by atomic mass is 127. The number of hydrogen-bond donors (Lipinski definition) is 1. The molecule has 0 spiro atoms. The number of hydrogen-bond acceptors (Lipinski definition) is 1. The van der Waals surface area contributed by atoms with Crippen LogP contribution in [0, 0.1) is 22.8 Å². The van der Waals surface area contributed by atoms with Crippen LogP contribution in [-0.4, -0.2) is 0 Å². The van der Waals surface area contributed by atoms with Crippen LogP contribution in [0.5, 0.6) is 0 Å². The second kappa shape index (κ2) is 3.92. The van der Waals surface area contributed by atoms with Crippen LogP contribution in [0.3, 0.4) is 0 Å². The predicted octanol–water partition coefficient (Wildman–Crippen LogP) is 2.04. The summed E-state index contributed by atoms with van der Waals surface area (Å²) in [5, 5.41) is 0. The number of halogens is 1. The third-order valence-corrected chi connectivity index (χ3v) is 2.96. The van der Waals surface area contributed by atoms with Crippen LogP contribution in [0.1, 0.15) is 16.7 Å². The van der Waals surface area contributed by atoms with Crippen LogP contribution in [0.25, 0.3) is 0 Å². The molecule has 12 heavy (non-hydrogen) atoms. The maximum absolute atomic E-state index is 5.57. The Hall–Kier alpha value is -0.530. The van der Waals surface area contributed by atoms with Crippen molar-refractivity contribution < 1.29 is 0 Å². The van der Waals surface area contributed by atoms with Crippen LogP contribution < -0.4 is 5.73 Å². The molecule has 1 aromatic rings. The molecule has 0 unspecified atom stereocenters. The molecular weight excluding hydrogens is 261 g/mol. The molecule has 0 saturated carbocycles. The second-order valence-corrected chi connectivity index (χ2v) is 3.75. The average molecular weight is 271 g/mol. The molecule has 2 heteroatoms. The van der Waals surface area contributed by atoms with Gasteiger partial charge in [-0.25, -0.2) is 0 Å². The molecule has 0 aromatic heterocycles. The van der Waals surface area contributed by atoms with Gasteiger partial charge >= 0.3 is 0 Å². The van der Waals surface area contributed by atoms with Crippen LogP contribution in [-0.2, 0) is 6.54 Å². The predicted molar refractivity (Wildman–Crippen MR) is 59.7 cm³/mol. The molecule has 0 radical (unpaired) electrons. The topological polar surface area (TPSA) is 26.0 Å². The summed E-state index contributed by atoms with van der Waals surface area (Å²) in [6, 6.07) is 3.96. The van der Waals surface area contributed by atoms with Crippen LogP contribution in [0.4, 0.5) is 0 Å². The van der Waals surface area contributed by atoms with E-state index in [0.717, 1.165) is 11.1 Å². The van der Waals surface area contributed by atoms with E-state index in [1.807, 2.05) is 12.1 Å². The minimum Gasteiger partial charge on any atom is -0.326 e. The molecule has 1 rings (SSSR count). The lowest BCUT2D eigenvalue weighted by Crippen LogP contribution is -2.01. The average Bonchev–Trinajstić information content (AvgIpc) is 2.09. The van der Waals surface area contributed by atoms with Gasteiger partial charge in [0.1, 0.15) is 0 Å². The third-order valence-electron chi connectivity index (χ3n) is 1.84. The maximum Gasteiger partial charge on any atom is 0.0256 e. The SMILES string of the molecule is C#Cc1cc(I)c(C)c(CN)c1. The molecule has 0 bridgehead atoms. The first-order chi connectivity index (χ1) is 5.69. The van der Waals surface area contributed by atoms with E-state index in [1.165, 1.54) is 9.13 Å². The van der Waals surface area contributed by atoms with Crippen molar-refractivity contribution in [2.75, 3.05) is 0 Å². The summed E-state index contributed by atoms with van der Waals surface area (Å²) in [7, 11) is 0. The standard InChI is InChI=1S/C10H10IN/c1-3-8-4-9(6-12)7(2)10(11)5-8/h1,4-5H,6,12H2,2H3. The van der Waals surface area contributed by atoms with Crippen LogP contribution in [0.2, 0.25) is 0 Å². The van der Waals surface area contributed by atoms with E-state index in [1.54, 1.807) is 0 Å². The Morgan fingerprint density at radius 1 is 1.58 bits per heavy atom. The first-order valence-corrected chi connectivity index (χ1v) is 4.72. The third kappa shape index (κ3) is 1.79. The van der Waals surface area contributed by atoms with E-state index in [-0.39, 0.29) is 0 Å². The molecule has 0 amide bonds. The van der Waals surface area contributed by atoms with Crippen molar-refractivity contribution in [3.8, 4) is 12.3 Å². The maximum atomic E-state index is 5.57. The zero-order valence-corrected chi connectivity index (χ0v) is 9.05. The Labute approximate surface area is 86.5 Å². The highest BCUT2D eigenvalue weighted by Gasteiger charge is 2.01. The van der Waals surface area contributed by atoms with E-state index >= 15 is 0 Å². The first kappa shape index (κ1) is 9.56. The van der Waals surface area contributed by atoms with Gasteiger partial charge in [-0.15, -0.1) is 6.42 Å². The van der Waals surface area contributed by atoms with Gasteiger partial charge < -0.3 is 5.73 Å². The van der Waals surface area contributed by atoms with Crippen molar-refractivity contribution in [2.45, 2.75) is 13.5 Å². The number of rotatable bonds is 1. The van der Waals surface area contributed by atoms with Crippen molar-refractivity contribution >= 4 is 22.6 Å². The fourth-order valence-corrected chi connectivity index (χ4v) is 1.71. The summed E-state index contributed by atoms with van der Waals surface area (Å²) in [4.78, 5) is 0. The molecule has 0 saturated heterocycles. The Bertz CT molecular complexity index is 336. The Balaban J connectivity index is 3.31. The fraction of sp³-hybridized carbons (Fsp3) is 0.200. The monoisotopic (exact) mass is 271 g/mol. The minimum absolute atomic E-state index is 0.553. The van der Waals surface area contributed by atoms with Crippen molar-refractivity contribution in [3.05, 3.63) is 32.4 Å². The first-order valence-electron chi connectivity index (χ1n) is 3.64. The van der Waals surface area contributed by atoms with Crippen molar-refractivity contribution in [3.63, 3.8) is 0 Å². The Kier molecular flexibility index (Phi) is 3.12. The van der Waals surface area contributed by atoms with Gasteiger partial charge in [-0.3, -0.25) is 0 Å². The zero-order chi connectivity index (χ0) is 9.14. The van der Waals surface area contributed by atoms with E-state index in [9.17, 15) is 0 Å². The summed E-state index contributed by atoms with van der Waals surface area (Å²) in [6.07, 6.45) is 5.30. The quantitative estimate of drug-likeness (QED) is 0.614. The fourth-order valence-electron chi connectivity index (χ4n) is 1.03. The van der Waals surface area contributed by atoms with Gasteiger partial charge in [0.05, 0.1) is 0 Å². The van der Waals surface area contributed by atoms with Gasteiger partial charge in [0, 0.05) is 15.7 Å². The lowest BCUT2D eigenvalue weighted by Gasteiger charge is -2.05. The molecule has 1 aromatic carbocycles. The molecule has 0 fully saturated rings. The molecule has 2 N–H and O–H groups in total. The molecule has 0 heterocycles. The highest BCUT2D eigenvalue weighted by molar-refractivity contribution is 14.1. The van der Waals surface area contributed by atoms with E-state index in [2.05, 4.69) is 35.4 Å². The smallest absolute Gasteiger partial charge is 0.0256 e. The number of terminal acetylenes is 1. The van der Waals surface area contributed by atoms with Gasteiger partial charge in [-0.1, -0.05) is 5.92 Å². The van der Waals surface area contributed by atoms with Crippen molar-refractivity contribution in [1.82, 2.24) is 0 Å². The van der Waals surface area contributed by atoms with Gasteiger partial charge in [-0.2, -0.15) is 0 Å². The summed E-state index contributed by atoms with van der Waals surface area (Å²) in [5.74, 6) is 2.61. The van der Waals surface area contributed by atoms with Gasteiger partial charge in [0.15, 0.2) is 0 Å². The molecule has 0 aliphatic heterocycles. The molecule has 0 aliphatic carbocycles. The number of nitrogens with two attached hydrogens (primary N) is 1. The lowest BCUT2D eigenvalue weighted by atomic mass is 10.1. The second-order valence-electron chi connectivity index (χ2n) is 2.59. The van der Waals surface area contributed by atoms with Gasteiger partial charge in [0.2, 0.25) is 0 Å². The molecule has 0 atom stereocenters. The van der Waals surface area contributed by atoms with Crippen LogP contribution in [0.15, 0.2) is 12.1 Å². The van der Waals surface area contributed by atoms with Crippen LogP contribution >= 0.6 is 22.6 Å². The molecular formula is C10H10IN. The normalized spacial score (nSPS) is 9.50. The summed E-state index contributed by atoms with van der Waals surface area (Å²) in [6.45, 7) is 2.61. The molecule has 1 nitrogen and oxygen atoms in total. The van der Waals surface area contributed by atoms with Crippen molar-refractivity contribution in [2.24, 2.45) is 5.73 Å². The summed E-state index contributed by atoms with van der Waals surface area (Å²) < 4.78 is 1.18. The molecule has 62 valence electrons. The van der Waals surface area contributed by atoms with E-state index < -0.39 is 0 Å². The van der Waals surface area contributed by atoms with E-state index in [0.29, 0.717) is 6.54 Å². The largest absolute Gasteiger partial charge is 0.326 e. The Morgan fingerprint density at radius 3 is 2.75 bits per heavy atom. The molecule has 0 aliphatic rings. The summed E-state index contributed by atoms with van der Waals surface area (Å²) in [5.41, 5.74) is 8.85. The highest BCUT2D eigenvalue weighted by Crippen LogP contribution is 2.17. The van der Waals surface area contributed by atoms with Gasteiger partial charge in [-0.05, 0) is 52.8 Å². The lowest BCUT2D eigenvalue weighted by molar-refractivity contribution is 1.04. The van der Waals surface area contributed by atoms with Gasteiger partial charge in [0.25, 0.3) is 0 Å². The zero-order valence-electron chi connectivity index (χ0n) is 6.89. The Morgan fingerprint density at radius 2 is 2.25 bits per heavy atom. The minimum atomic E-state index is 0.553. The summed E-state index contributed by atoms with van der Waals surface area (Å²) >= 11 is 2.27. The van der Waals surface area contributed by atoms with E-state index in [4.69, 9.17) is 12.2 Å².